The number of thiazole rings is 1. The number of nitrogens with one attached hydrogen (secondary N) is 1. The molecule has 0 spiro atoms. The molecule has 1 unspecified atom stereocenters. The predicted octanol–water partition coefficient (Wildman–Crippen LogP) is 1.72. The molecule has 1 aliphatic rings. The lowest BCUT2D eigenvalue weighted by Gasteiger charge is -2.21. The number of fused-ring (bicyclic) bond motifs is 1. The molecule has 1 atom stereocenters. The molecular formula is C11H7N3O2S2. The maximum absolute atomic E-state index is 11.4. The van der Waals surface area contributed by atoms with Crippen molar-refractivity contribution in [1.29, 1.82) is 5.26 Å². The average molecular weight is 277 g/mol. The maximum Gasteiger partial charge on any atom is 0.307 e. The van der Waals surface area contributed by atoms with Crippen molar-refractivity contribution in [2.75, 3.05) is 0 Å². The number of aromatic amines is 1. The summed E-state index contributed by atoms with van der Waals surface area (Å²) >= 11 is 2.57. The zero-order chi connectivity index (χ0) is 12.7. The van der Waals surface area contributed by atoms with Crippen LogP contribution in [0.1, 0.15) is 15.7 Å². The van der Waals surface area contributed by atoms with E-state index in [1.807, 2.05) is 17.5 Å². The van der Waals surface area contributed by atoms with Gasteiger partial charge < -0.3 is 10.5 Å². The number of nitrogens with zero attached hydrogens (tertiary/aromatic N) is 1. The quantitative estimate of drug-likeness (QED) is 0.830. The van der Waals surface area contributed by atoms with E-state index in [1.165, 1.54) is 11.3 Å². The van der Waals surface area contributed by atoms with Gasteiger partial charge in [-0.05, 0) is 11.4 Å². The molecule has 3 rings (SSSR count). The van der Waals surface area contributed by atoms with Crippen LogP contribution in [0.3, 0.4) is 0 Å². The van der Waals surface area contributed by atoms with Gasteiger partial charge in [0, 0.05) is 4.88 Å². The Hall–Kier alpha value is -2.04. The Morgan fingerprint density at radius 2 is 2.39 bits per heavy atom. The Morgan fingerprint density at radius 1 is 1.56 bits per heavy atom. The number of hydrogen-bond donors (Lipinski definition) is 2. The minimum absolute atomic E-state index is 0.0532. The summed E-state index contributed by atoms with van der Waals surface area (Å²) in [5.74, 6) is 0.0973. The molecule has 0 amide bonds. The summed E-state index contributed by atoms with van der Waals surface area (Å²) in [7, 11) is 0. The van der Waals surface area contributed by atoms with Crippen LogP contribution < -0.4 is 15.3 Å². The van der Waals surface area contributed by atoms with E-state index in [0.29, 0.717) is 16.3 Å². The van der Waals surface area contributed by atoms with Crippen molar-refractivity contribution < 1.29 is 4.74 Å². The van der Waals surface area contributed by atoms with Gasteiger partial charge in [0.15, 0.2) is 0 Å². The van der Waals surface area contributed by atoms with Crippen molar-refractivity contribution in [3.8, 4) is 11.9 Å². The molecule has 0 saturated heterocycles. The highest BCUT2D eigenvalue weighted by Gasteiger charge is 2.33. The smallest absolute Gasteiger partial charge is 0.307 e. The van der Waals surface area contributed by atoms with Gasteiger partial charge in [0.1, 0.15) is 11.6 Å². The Kier molecular flexibility index (Phi) is 2.47. The van der Waals surface area contributed by atoms with E-state index in [-0.39, 0.29) is 16.7 Å². The largest absolute Gasteiger partial charge is 0.423 e. The third-order valence-corrected chi connectivity index (χ3v) is 4.48. The van der Waals surface area contributed by atoms with E-state index in [1.54, 1.807) is 0 Å². The van der Waals surface area contributed by atoms with Crippen LogP contribution in [0.5, 0.6) is 5.88 Å². The molecule has 1 aliphatic heterocycles. The van der Waals surface area contributed by atoms with Crippen molar-refractivity contribution >= 4 is 22.7 Å². The number of allylic oxidation sites excluding steroid dienone is 1. The van der Waals surface area contributed by atoms with Crippen LogP contribution in [0.2, 0.25) is 0 Å². The van der Waals surface area contributed by atoms with Crippen LogP contribution in [0.25, 0.3) is 0 Å². The van der Waals surface area contributed by atoms with Gasteiger partial charge in [-0.15, -0.1) is 11.3 Å². The molecule has 2 aromatic heterocycles. The monoisotopic (exact) mass is 277 g/mol. The van der Waals surface area contributed by atoms with Gasteiger partial charge in [0.2, 0.25) is 11.8 Å². The number of thiophene rings is 1. The SMILES string of the molecule is N#CC1=C(N)Oc2[nH]c(=O)sc2C1c1cccs1. The van der Waals surface area contributed by atoms with E-state index in [4.69, 9.17) is 10.5 Å². The number of ether oxygens (including phenoxy) is 1. The Bertz CT molecular complexity index is 718. The molecule has 0 saturated carbocycles. The van der Waals surface area contributed by atoms with Crippen LogP contribution in [0.4, 0.5) is 0 Å². The third-order valence-electron chi connectivity index (χ3n) is 2.62. The van der Waals surface area contributed by atoms with Crippen LogP contribution in [-0.4, -0.2) is 4.98 Å². The van der Waals surface area contributed by atoms with Gasteiger partial charge in [-0.3, -0.25) is 9.78 Å². The van der Waals surface area contributed by atoms with Gasteiger partial charge in [-0.1, -0.05) is 17.4 Å². The number of nitrogens with two attached hydrogens (primary N) is 1. The first-order valence-corrected chi connectivity index (χ1v) is 6.74. The number of nitriles is 1. The van der Waals surface area contributed by atoms with E-state index < -0.39 is 0 Å². The average Bonchev–Trinajstić information content (AvgIpc) is 2.95. The molecule has 3 heterocycles. The highest BCUT2D eigenvalue weighted by Crippen LogP contribution is 2.43. The second-order valence-corrected chi connectivity index (χ2v) is 5.64. The summed E-state index contributed by atoms with van der Waals surface area (Å²) in [5, 5.41) is 11.1. The molecule has 0 aliphatic carbocycles. The number of H-pyrrole nitrogens is 1. The number of aromatic nitrogens is 1. The van der Waals surface area contributed by atoms with Gasteiger partial charge in [0.05, 0.1) is 10.8 Å². The normalized spacial score (nSPS) is 18.1. The van der Waals surface area contributed by atoms with Gasteiger partial charge in [-0.25, -0.2) is 0 Å². The van der Waals surface area contributed by atoms with Crippen molar-refractivity contribution in [2.24, 2.45) is 5.73 Å². The molecule has 0 bridgehead atoms. The summed E-state index contributed by atoms with van der Waals surface area (Å²) in [4.78, 5) is 15.5. The fourth-order valence-corrected chi connectivity index (χ4v) is 3.69. The molecule has 7 heteroatoms. The zero-order valence-electron chi connectivity index (χ0n) is 8.97. The lowest BCUT2D eigenvalue weighted by Crippen LogP contribution is -2.19. The van der Waals surface area contributed by atoms with Crippen LogP contribution in [-0.2, 0) is 0 Å². The lowest BCUT2D eigenvalue weighted by molar-refractivity contribution is 0.382. The maximum atomic E-state index is 11.4. The number of rotatable bonds is 1. The molecule has 5 nitrogen and oxygen atoms in total. The summed E-state index contributed by atoms with van der Waals surface area (Å²) in [5.41, 5.74) is 6.08. The Labute approximate surface area is 110 Å². The highest BCUT2D eigenvalue weighted by atomic mass is 32.1. The lowest BCUT2D eigenvalue weighted by atomic mass is 9.95. The molecule has 90 valence electrons. The molecule has 3 N–H and O–H groups in total. The van der Waals surface area contributed by atoms with E-state index in [0.717, 1.165) is 16.2 Å². The molecule has 0 radical (unpaired) electrons. The summed E-state index contributed by atoms with van der Waals surface area (Å²) in [6.07, 6.45) is 0. The first kappa shape index (κ1) is 11.1. The van der Waals surface area contributed by atoms with Crippen molar-refractivity contribution in [1.82, 2.24) is 4.98 Å². The highest BCUT2D eigenvalue weighted by molar-refractivity contribution is 7.11. The van der Waals surface area contributed by atoms with Crippen LogP contribution in [0, 0.1) is 11.3 Å². The van der Waals surface area contributed by atoms with Gasteiger partial charge in [0.25, 0.3) is 0 Å². The van der Waals surface area contributed by atoms with E-state index in [9.17, 15) is 10.1 Å². The second-order valence-electron chi connectivity index (χ2n) is 3.65. The van der Waals surface area contributed by atoms with Gasteiger partial charge in [-0.2, -0.15) is 5.26 Å². The van der Waals surface area contributed by atoms with E-state index in [2.05, 4.69) is 11.1 Å². The third kappa shape index (κ3) is 1.54. The topological polar surface area (TPSA) is 91.9 Å². The number of hydrogen-bond acceptors (Lipinski definition) is 6. The fraction of sp³-hybridized carbons (Fsp3) is 0.0909. The molecule has 2 aromatic rings. The van der Waals surface area contributed by atoms with Gasteiger partial charge >= 0.3 is 4.87 Å². The fourth-order valence-electron chi connectivity index (χ4n) is 1.88. The molecule has 18 heavy (non-hydrogen) atoms. The predicted molar refractivity (Wildman–Crippen MR) is 68.6 cm³/mol. The van der Waals surface area contributed by atoms with Crippen molar-refractivity contribution in [3.63, 3.8) is 0 Å². The Balaban J connectivity index is 2.25. The van der Waals surface area contributed by atoms with Crippen LogP contribution >= 0.6 is 22.7 Å². The van der Waals surface area contributed by atoms with Crippen molar-refractivity contribution in [2.45, 2.75) is 5.92 Å². The second kappa shape index (κ2) is 4.01. The summed E-state index contributed by atoms with van der Waals surface area (Å²) in [6, 6.07) is 5.88. The molecular weight excluding hydrogens is 270 g/mol. The minimum atomic E-state index is -0.303. The van der Waals surface area contributed by atoms with Crippen LogP contribution in [0.15, 0.2) is 33.8 Å². The minimum Gasteiger partial charge on any atom is -0.423 e. The first-order chi connectivity index (χ1) is 8.70. The molecule has 0 aromatic carbocycles. The van der Waals surface area contributed by atoms with Crippen molar-refractivity contribution in [3.05, 3.63) is 48.4 Å². The molecule has 0 fully saturated rings. The summed E-state index contributed by atoms with van der Waals surface area (Å²) in [6.45, 7) is 0. The standard InChI is InChI=1S/C11H7N3O2S2/c12-4-5-7(6-2-1-3-17-6)8-10(16-9(5)13)14-11(15)18-8/h1-3,7H,13H2,(H,14,15). The first-order valence-electron chi connectivity index (χ1n) is 5.04. The zero-order valence-corrected chi connectivity index (χ0v) is 10.6. The van der Waals surface area contributed by atoms with E-state index >= 15 is 0 Å². The summed E-state index contributed by atoms with van der Waals surface area (Å²) < 4.78 is 5.28. The Morgan fingerprint density at radius 3 is 3.06 bits per heavy atom.